The minimum atomic E-state index is 0.595. The van der Waals surface area contributed by atoms with Gasteiger partial charge in [-0.1, -0.05) is 42.1 Å². The summed E-state index contributed by atoms with van der Waals surface area (Å²) in [5.74, 6) is 0. The number of hydrogen-bond donors (Lipinski definition) is 2. The largest absolute Gasteiger partial charge is 0.349 e. The lowest BCUT2D eigenvalue weighted by atomic mass is 10.2. The van der Waals surface area contributed by atoms with Crippen LogP contribution in [0.5, 0.6) is 0 Å². The van der Waals surface area contributed by atoms with Gasteiger partial charge in [-0.05, 0) is 29.8 Å². The maximum Gasteiger partial charge on any atom is 0.0780 e. The summed E-state index contributed by atoms with van der Waals surface area (Å²) in [5, 5.41) is 2.41. The molecule has 0 bridgehead atoms. The summed E-state index contributed by atoms with van der Waals surface area (Å²) in [5.41, 5.74) is 7.93. The normalized spacial score (nSPS) is 10.9. The van der Waals surface area contributed by atoms with E-state index in [0.717, 1.165) is 10.6 Å². The van der Waals surface area contributed by atoms with Crippen LogP contribution in [0, 0.1) is 0 Å². The molecule has 0 fully saturated rings. The number of rotatable bonds is 3. The second-order valence-electron chi connectivity index (χ2n) is 4.17. The molecule has 3 N–H and O–H groups in total. The first kappa shape index (κ1) is 11.4. The number of hydrogen-bond acceptors (Lipinski definition) is 2. The minimum absolute atomic E-state index is 0.595. The van der Waals surface area contributed by atoms with Crippen LogP contribution in [0.1, 0.15) is 5.56 Å². The van der Waals surface area contributed by atoms with E-state index >= 15 is 0 Å². The van der Waals surface area contributed by atoms with E-state index < -0.39 is 0 Å². The van der Waals surface area contributed by atoms with Gasteiger partial charge >= 0.3 is 0 Å². The van der Waals surface area contributed by atoms with Gasteiger partial charge in [-0.15, -0.1) is 0 Å². The molecule has 0 aliphatic heterocycles. The van der Waals surface area contributed by atoms with Crippen molar-refractivity contribution in [1.29, 1.82) is 0 Å². The molecular formula is C15H14N2S. The molecule has 90 valence electrons. The molecule has 0 spiro atoms. The number of aromatic amines is 1. The van der Waals surface area contributed by atoms with Crippen molar-refractivity contribution >= 4 is 22.7 Å². The van der Waals surface area contributed by atoms with Crippen LogP contribution in [-0.2, 0) is 6.54 Å². The van der Waals surface area contributed by atoms with E-state index in [1.807, 2.05) is 6.07 Å². The van der Waals surface area contributed by atoms with E-state index in [9.17, 15) is 0 Å². The molecule has 3 rings (SSSR count). The molecule has 0 radical (unpaired) electrons. The first-order chi connectivity index (χ1) is 8.85. The topological polar surface area (TPSA) is 41.8 Å². The third kappa shape index (κ3) is 2.28. The van der Waals surface area contributed by atoms with Crippen molar-refractivity contribution in [3.8, 4) is 0 Å². The van der Waals surface area contributed by atoms with Crippen LogP contribution in [0.25, 0.3) is 10.9 Å². The van der Waals surface area contributed by atoms with E-state index in [1.54, 1.807) is 11.8 Å². The maximum absolute atomic E-state index is 5.59. The van der Waals surface area contributed by atoms with Gasteiger partial charge in [0.05, 0.1) is 5.03 Å². The highest BCUT2D eigenvalue weighted by molar-refractivity contribution is 7.99. The zero-order valence-electron chi connectivity index (χ0n) is 9.89. The van der Waals surface area contributed by atoms with Crippen molar-refractivity contribution in [2.75, 3.05) is 0 Å². The van der Waals surface area contributed by atoms with Crippen molar-refractivity contribution in [1.82, 2.24) is 4.98 Å². The number of benzene rings is 2. The Bertz CT molecular complexity index is 623. The van der Waals surface area contributed by atoms with Gasteiger partial charge in [0.25, 0.3) is 0 Å². The Balaban J connectivity index is 1.86. The maximum atomic E-state index is 5.59. The van der Waals surface area contributed by atoms with Crippen LogP contribution < -0.4 is 5.73 Å². The van der Waals surface area contributed by atoms with Crippen LogP contribution in [0.4, 0.5) is 0 Å². The second kappa shape index (κ2) is 4.88. The summed E-state index contributed by atoms with van der Waals surface area (Å²) in [4.78, 5) is 4.63. The van der Waals surface area contributed by atoms with Crippen LogP contribution in [0.15, 0.2) is 64.5 Å². The van der Waals surface area contributed by atoms with Crippen LogP contribution >= 0.6 is 11.8 Å². The third-order valence-electron chi connectivity index (χ3n) is 2.89. The summed E-state index contributed by atoms with van der Waals surface area (Å²) in [6.45, 7) is 0.595. The number of para-hydroxylation sites is 1. The van der Waals surface area contributed by atoms with Crippen molar-refractivity contribution < 1.29 is 0 Å². The van der Waals surface area contributed by atoms with Crippen molar-refractivity contribution in [3.63, 3.8) is 0 Å². The van der Waals surface area contributed by atoms with E-state index in [0.29, 0.717) is 6.54 Å². The van der Waals surface area contributed by atoms with E-state index in [4.69, 9.17) is 5.73 Å². The molecule has 0 saturated heterocycles. The first-order valence-corrected chi connectivity index (χ1v) is 6.71. The number of fused-ring (bicyclic) bond motifs is 1. The monoisotopic (exact) mass is 254 g/mol. The molecule has 1 aromatic heterocycles. The Morgan fingerprint density at radius 2 is 1.78 bits per heavy atom. The average molecular weight is 254 g/mol. The summed E-state index contributed by atoms with van der Waals surface area (Å²) >= 11 is 1.74. The number of nitrogens with one attached hydrogen (secondary N) is 1. The molecule has 18 heavy (non-hydrogen) atoms. The Kier molecular flexibility index (Phi) is 3.09. The highest BCUT2D eigenvalue weighted by atomic mass is 32.2. The molecule has 0 aliphatic rings. The van der Waals surface area contributed by atoms with Gasteiger partial charge in [0, 0.05) is 22.3 Å². The minimum Gasteiger partial charge on any atom is -0.349 e. The predicted molar refractivity (Wildman–Crippen MR) is 76.8 cm³/mol. The molecule has 2 aromatic carbocycles. The Morgan fingerprint density at radius 1 is 1.00 bits per heavy atom. The molecule has 0 saturated carbocycles. The van der Waals surface area contributed by atoms with Gasteiger partial charge in [0.15, 0.2) is 0 Å². The smallest absolute Gasteiger partial charge is 0.0780 e. The molecule has 3 aromatic rings. The summed E-state index contributed by atoms with van der Waals surface area (Å²) in [6.07, 6.45) is 0. The molecule has 0 unspecified atom stereocenters. The van der Waals surface area contributed by atoms with Crippen molar-refractivity contribution in [3.05, 3.63) is 60.2 Å². The fourth-order valence-corrected chi connectivity index (χ4v) is 2.80. The predicted octanol–water partition coefficient (Wildman–Crippen LogP) is 3.78. The quantitative estimate of drug-likeness (QED) is 0.747. The molecule has 2 nitrogen and oxygen atoms in total. The highest BCUT2D eigenvalue weighted by Crippen LogP contribution is 2.29. The molecule has 0 atom stereocenters. The standard InChI is InChI=1S/C15H14N2S/c16-10-11-5-7-13(8-6-11)18-15-9-12-3-1-2-4-14(12)17-15/h1-9,17H,10,16H2. The number of H-pyrrole nitrogens is 1. The lowest BCUT2D eigenvalue weighted by Gasteiger charge is -2.00. The van der Waals surface area contributed by atoms with Gasteiger partial charge in [-0.3, -0.25) is 0 Å². The number of aromatic nitrogens is 1. The Labute approximate surface area is 110 Å². The van der Waals surface area contributed by atoms with Gasteiger partial charge in [0.1, 0.15) is 0 Å². The van der Waals surface area contributed by atoms with Gasteiger partial charge in [-0.25, -0.2) is 0 Å². The molecule has 0 amide bonds. The fraction of sp³-hybridized carbons (Fsp3) is 0.0667. The first-order valence-electron chi connectivity index (χ1n) is 5.90. The summed E-state index contributed by atoms with van der Waals surface area (Å²) in [6, 6.07) is 18.9. The van der Waals surface area contributed by atoms with Gasteiger partial charge < -0.3 is 10.7 Å². The van der Waals surface area contributed by atoms with E-state index in [-0.39, 0.29) is 0 Å². The lowest BCUT2D eigenvalue weighted by molar-refractivity contribution is 1.06. The third-order valence-corrected chi connectivity index (χ3v) is 3.84. The molecule has 1 heterocycles. The molecule has 0 aliphatic carbocycles. The van der Waals surface area contributed by atoms with Crippen molar-refractivity contribution in [2.24, 2.45) is 5.73 Å². The summed E-state index contributed by atoms with van der Waals surface area (Å²) in [7, 11) is 0. The zero-order valence-corrected chi connectivity index (χ0v) is 10.7. The lowest BCUT2D eigenvalue weighted by Crippen LogP contribution is -1.94. The van der Waals surface area contributed by atoms with E-state index in [2.05, 4.69) is 53.5 Å². The Morgan fingerprint density at radius 3 is 2.50 bits per heavy atom. The number of nitrogens with two attached hydrogens (primary N) is 1. The van der Waals surface area contributed by atoms with E-state index in [1.165, 1.54) is 15.8 Å². The van der Waals surface area contributed by atoms with Gasteiger partial charge in [-0.2, -0.15) is 0 Å². The fourth-order valence-electron chi connectivity index (χ4n) is 1.92. The second-order valence-corrected chi connectivity index (χ2v) is 5.29. The van der Waals surface area contributed by atoms with Crippen LogP contribution in [0.2, 0.25) is 0 Å². The SMILES string of the molecule is NCc1ccc(Sc2cc3ccccc3[nH]2)cc1. The zero-order chi connectivity index (χ0) is 12.4. The summed E-state index contributed by atoms with van der Waals surface area (Å²) < 4.78 is 0. The molecule has 3 heteroatoms. The average Bonchev–Trinajstić information content (AvgIpc) is 2.82. The molecular weight excluding hydrogens is 240 g/mol. The Hall–Kier alpha value is -1.71. The van der Waals surface area contributed by atoms with Crippen molar-refractivity contribution in [2.45, 2.75) is 16.5 Å². The van der Waals surface area contributed by atoms with Gasteiger partial charge in [0.2, 0.25) is 0 Å². The van der Waals surface area contributed by atoms with Crippen LogP contribution in [0.3, 0.4) is 0 Å². The van der Waals surface area contributed by atoms with Crippen LogP contribution in [-0.4, -0.2) is 4.98 Å². The highest BCUT2D eigenvalue weighted by Gasteiger charge is 2.02.